The highest BCUT2D eigenvalue weighted by Gasteiger charge is 2.10. The van der Waals surface area contributed by atoms with Crippen LogP contribution in [0.2, 0.25) is 0 Å². The molecule has 0 unspecified atom stereocenters. The molecule has 0 fully saturated rings. The highest BCUT2D eigenvalue weighted by molar-refractivity contribution is 5.88. The minimum atomic E-state index is -1.01. The third-order valence-electron chi connectivity index (χ3n) is 5.96. The molecule has 3 N–H and O–H groups in total. The van der Waals surface area contributed by atoms with E-state index in [0.717, 1.165) is 63.0 Å². The molecule has 0 amide bonds. The Kier molecular flexibility index (Phi) is 16.1. The Morgan fingerprint density at radius 3 is 2.31 bits per heavy atom. The molecular formula is C27H42N6O6. The largest absolute Gasteiger partial charge is 0.493 e. The van der Waals surface area contributed by atoms with Crippen molar-refractivity contribution in [2.45, 2.75) is 52.4 Å². The van der Waals surface area contributed by atoms with Crippen molar-refractivity contribution >= 4 is 5.97 Å². The van der Waals surface area contributed by atoms with E-state index in [2.05, 4.69) is 25.5 Å². The predicted molar refractivity (Wildman–Crippen MR) is 148 cm³/mol. The number of H-pyrrole nitrogens is 1. The number of hydrogen-bond acceptors (Lipinski definition) is 8. The van der Waals surface area contributed by atoms with E-state index in [1.54, 1.807) is 6.07 Å². The fourth-order valence-corrected chi connectivity index (χ4v) is 3.88. The van der Waals surface area contributed by atoms with Gasteiger partial charge in [-0.3, -0.25) is 5.10 Å². The highest BCUT2D eigenvalue weighted by Crippen LogP contribution is 2.24. The summed E-state index contributed by atoms with van der Waals surface area (Å²) in [6, 6.07) is 4.82. The number of unbranched alkanes of at least 4 members (excludes halogenated alkanes) is 3. The molecule has 12 heteroatoms. The van der Waals surface area contributed by atoms with Crippen molar-refractivity contribution in [1.82, 2.24) is 15.5 Å². The average Bonchev–Trinajstić information content (AvgIpc) is 3.25. The molecule has 0 aliphatic heterocycles. The molecule has 39 heavy (non-hydrogen) atoms. The molecule has 0 radical (unpaired) electrons. The maximum atomic E-state index is 11.5. The van der Waals surface area contributed by atoms with Crippen LogP contribution in [0.3, 0.4) is 0 Å². The van der Waals surface area contributed by atoms with Crippen LogP contribution in [0.25, 0.3) is 10.4 Å². The third kappa shape index (κ3) is 13.9. The number of rotatable bonds is 23. The van der Waals surface area contributed by atoms with Crippen molar-refractivity contribution in [2.24, 2.45) is 5.11 Å². The topological polar surface area (TPSA) is 164 Å². The molecule has 2 aromatic rings. The molecule has 0 spiro atoms. The Bertz CT molecular complexity index is 1000. The maximum absolute atomic E-state index is 11.5. The van der Waals surface area contributed by atoms with Crippen molar-refractivity contribution in [3.63, 3.8) is 0 Å². The first kappa shape index (κ1) is 31.9. The van der Waals surface area contributed by atoms with Gasteiger partial charge in [-0.05, 0) is 69.3 Å². The lowest BCUT2D eigenvalue weighted by atomic mass is 10.1. The Balaban J connectivity index is 1.53. The molecule has 1 aromatic heterocycles. The van der Waals surface area contributed by atoms with Crippen LogP contribution in [0, 0.1) is 13.8 Å². The monoisotopic (exact) mass is 546 g/mol. The first-order valence-electron chi connectivity index (χ1n) is 13.5. The maximum Gasteiger partial charge on any atom is 0.335 e. The van der Waals surface area contributed by atoms with E-state index in [1.165, 1.54) is 17.7 Å². The lowest BCUT2D eigenvalue weighted by molar-refractivity contribution is 0.0519. The van der Waals surface area contributed by atoms with Crippen molar-refractivity contribution < 1.29 is 28.8 Å². The summed E-state index contributed by atoms with van der Waals surface area (Å²) in [5.74, 6) is -0.00370. The summed E-state index contributed by atoms with van der Waals surface area (Å²) in [7, 11) is 0. The van der Waals surface area contributed by atoms with E-state index in [-0.39, 0.29) is 5.56 Å². The molecule has 0 aliphatic carbocycles. The van der Waals surface area contributed by atoms with E-state index < -0.39 is 5.97 Å². The van der Waals surface area contributed by atoms with E-state index in [4.69, 9.17) is 24.5 Å². The first-order chi connectivity index (χ1) is 19.0. The lowest BCUT2D eigenvalue weighted by Gasteiger charge is -2.11. The van der Waals surface area contributed by atoms with Gasteiger partial charge in [0, 0.05) is 29.8 Å². The van der Waals surface area contributed by atoms with Crippen LogP contribution in [0.5, 0.6) is 11.5 Å². The van der Waals surface area contributed by atoms with Gasteiger partial charge in [-0.1, -0.05) is 18.0 Å². The Morgan fingerprint density at radius 1 is 0.949 bits per heavy atom. The SMILES string of the molecule is Cc1n[nH]c(C)c1CCCOc1cc(OCCCCCCNCCOCCOCCN=[N+]=[N-])cc(C(=O)O)c1. The van der Waals surface area contributed by atoms with Gasteiger partial charge >= 0.3 is 5.97 Å². The zero-order valence-corrected chi connectivity index (χ0v) is 23.1. The Labute approximate surface area is 230 Å². The molecule has 0 aliphatic rings. The van der Waals surface area contributed by atoms with Gasteiger partial charge < -0.3 is 29.4 Å². The van der Waals surface area contributed by atoms with Gasteiger partial charge in [-0.25, -0.2) is 4.79 Å². The quantitative estimate of drug-likeness (QED) is 0.0787. The van der Waals surface area contributed by atoms with Crippen LogP contribution in [-0.2, 0) is 15.9 Å². The van der Waals surface area contributed by atoms with E-state index in [1.807, 2.05) is 13.8 Å². The summed E-state index contributed by atoms with van der Waals surface area (Å²) < 4.78 is 22.4. The fourth-order valence-electron chi connectivity index (χ4n) is 3.88. The molecule has 1 heterocycles. The summed E-state index contributed by atoms with van der Waals surface area (Å²) in [5, 5.41) is 23.4. The van der Waals surface area contributed by atoms with Gasteiger partial charge in [0.1, 0.15) is 11.5 Å². The number of carbonyl (C=O) groups is 1. The van der Waals surface area contributed by atoms with Gasteiger partial charge in [0.15, 0.2) is 0 Å². The molecule has 0 bridgehead atoms. The second-order valence-corrected chi connectivity index (χ2v) is 9.05. The number of carboxylic acid groups (broad SMARTS) is 1. The number of aromatic amines is 1. The molecule has 2 rings (SSSR count). The predicted octanol–water partition coefficient (Wildman–Crippen LogP) is 4.61. The number of carboxylic acids is 1. The minimum absolute atomic E-state index is 0.150. The Hall–Kier alpha value is -3.31. The molecule has 0 saturated carbocycles. The molecule has 12 nitrogen and oxygen atoms in total. The van der Waals surface area contributed by atoms with Gasteiger partial charge in [-0.2, -0.15) is 5.10 Å². The summed E-state index contributed by atoms with van der Waals surface area (Å²) >= 11 is 0. The summed E-state index contributed by atoms with van der Waals surface area (Å²) in [4.78, 5) is 14.2. The number of ether oxygens (including phenoxy) is 4. The zero-order valence-electron chi connectivity index (χ0n) is 23.1. The number of aromatic nitrogens is 2. The number of azide groups is 1. The van der Waals surface area contributed by atoms with Crippen molar-refractivity contribution in [2.75, 3.05) is 59.3 Å². The number of nitrogens with one attached hydrogen (secondary N) is 2. The first-order valence-corrected chi connectivity index (χ1v) is 13.5. The van der Waals surface area contributed by atoms with Crippen LogP contribution in [0.1, 0.15) is 59.4 Å². The summed E-state index contributed by atoms with van der Waals surface area (Å²) in [6.07, 6.45) is 5.70. The number of benzene rings is 1. The Morgan fingerprint density at radius 2 is 1.64 bits per heavy atom. The fraction of sp³-hybridized carbons (Fsp3) is 0.630. The van der Waals surface area contributed by atoms with E-state index in [9.17, 15) is 9.90 Å². The van der Waals surface area contributed by atoms with Gasteiger partial charge in [0.05, 0.1) is 50.9 Å². The second kappa shape index (κ2) is 19.7. The third-order valence-corrected chi connectivity index (χ3v) is 5.96. The molecule has 0 atom stereocenters. The molecule has 0 saturated heterocycles. The van der Waals surface area contributed by atoms with Crippen LogP contribution in [-0.4, -0.2) is 80.5 Å². The van der Waals surface area contributed by atoms with Crippen molar-refractivity contribution in [3.8, 4) is 11.5 Å². The van der Waals surface area contributed by atoms with Crippen molar-refractivity contribution in [3.05, 3.63) is 51.2 Å². The summed E-state index contributed by atoms with van der Waals surface area (Å²) in [6.45, 7) is 9.07. The van der Waals surface area contributed by atoms with Gasteiger partial charge in [-0.15, -0.1) is 0 Å². The van der Waals surface area contributed by atoms with E-state index >= 15 is 0 Å². The van der Waals surface area contributed by atoms with E-state index in [0.29, 0.717) is 57.7 Å². The van der Waals surface area contributed by atoms with Gasteiger partial charge in [0.25, 0.3) is 0 Å². The number of hydrogen-bond donors (Lipinski definition) is 3. The smallest absolute Gasteiger partial charge is 0.335 e. The molecule has 216 valence electrons. The normalized spacial score (nSPS) is 10.8. The van der Waals surface area contributed by atoms with Crippen LogP contribution in [0.4, 0.5) is 0 Å². The average molecular weight is 547 g/mol. The van der Waals surface area contributed by atoms with Gasteiger partial charge in [0.2, 0.25) is 0 Å². The summed E-state index contributed by atoms with van der Waals surface area (Å²) in [5.41, 5.74) is 11.6. The number of aromatic carboxylic acids is 1. The highest BCUT2D eigenvalue weighted by atomic mass is 16.5. The van der Waals surface area contributed by atoms with Crippen LogP contribution in [0.15, 0.2) is 23.3 Å². The van der Waals surface area contributed by atoms with Crippen molar-refractivity contribution in [1.29, 1.82) is 0 Å². The van der Waals surface area contributed by atoms with Crippen LogP contribution >= 0.6 is 0 Å². The second-order valence-electron chi connectivity index (χ2n) is 9.05. The molecular weight excluding hydrogens is 504 g/mol. The van der Waals surface area contributed by atoms with Crippen LogP contribution < -0.4 is 14.8 Å². The minimum Gasteiger partial charge on any atom is -0.493 e. The number of nitrogens with zero attached hydrogens (tertiary/aromatic N) is 4. The zero-order chi connectivity index (χ0) is 28.1. The number of aryl methyl sites for hydroxylation is 2. The lowest BCUT2D eigenvalue weighted by Crippen LogP contribution is -2.21. The molecule has 1 aromatic carbocycles. The standard InChI is InChI=1S/C27H42N6O6/c1-21-26(22(2)32-31-21)8-7-13-39-25-19-23(27(34)35)18-24(20-25)38-12-6-4-3-5-9-29-10-14-36-16-17-37-15-11-30-33-28/h18-20,29H,3-17H2,1-2H3,(H,31,32)(H,34,35).